The van der Waals surface area contributed by atoms with Crippen LogP contribution in [-0.4, -0.2) is 18.5 Å². The number of carbonyl (C=O) groups is 1. The third-order valence-corrected chi connectivity index (χ3v) is 3.76. The van der Waals surface area contributed by atoms with E-state index in [1.807, 2.05) is 18.4 Å². The van der Waals surface area contributed by atoms with Gasteiger partial charge in [-0.1, -0.05) is 6.07 Å². The van der Waals surface area contributed by atoms with Gasteiger partial charge in [0.2, 0.25) is 5.91 Å². The van der Waals surface area contributed by atoms with Crippen molar-refractivity contribution in [3.05, 3.63) is 22.4 Å². The van der Waals surface area contributed by atoms with Crippen LogP contribution in [0.1, 0.15) is 30.7 Å². The Morgan fingerprint density at radius 3 is 3.20 bits per heavy atom. The van der Waals surface area contributed by atoms with Crippen molar-refractivity contribution in [1.29, 1.82) is 0 Å². The molecule has 1 aromatic rings. The third kappa shape index (κ3) is 2.58. The Bertz CT molecular complexity index is 317. The Morgan fingerprint density at radius 1 is 1.73 bits per heavy atom. The van der Waals surface area contributed by atoms with Crippen molar-refractivity contribution >= 4 is 17.2 Å². The van der Waals surface area contributed by atoms with E-state index in [9.17, 15) is 4.79 Å². The molecule has 1 aromatic heterocycles. The molecule has 4 heteroatoms. The standard InChI is InChI=1S/C11H16N2OS/c1-8(10-5-3-7-15-10)13-11(14)9-4-2-6-12-9/h3,5,7-9,12H,2,4,6H2,1H3,(H,13,14)/t8-,9+/m0/s1. The van der Waals surface area contributed by atoms with Crippen LogP contribution in [0.15, 0.2) is 17.5 Å². The smallest absolute Gasteiger partial charge is 0.237 e. The molecule has 2 rings (SSSR count). The Labute approximate surface area is 93.9 Å². The van der Waals surface area contributed by atoms with Gasteiger partial charge in [0, 0.05) is 4.88 Å². The van der Waals surface area contributed by atoms with Gasteiger partial charge in [-0.15, -0.1) is 11.3 Å². The lowest BCUT2D eigenvalue weighted by atomic mass is 10.2. The highest BCUT2D eigenvalue weighted by Gasteiger charge is 2.23. The van der Waals surface area contributed by atoms with Crippen LogP contribution in [0.5, 0.6) is 0 Å². The molecular weight excluding hydrogens is 208 g/mol. The molecule has 0 radical (unpaired) electrons. The fourth-order valence-electron chi connectivity index (χ4n) is 1.83. The molecule has 0 aliphatic carbocycles. The first-order valence-corrected chi connectivity index (χ1v) is 6.22. The van der Waals surface area contributed by atoms with Crippen LogP contribution in [0.25, 0.3) is 0 Å². The fraction of sp³-hybridized carbons (Fsp3) is 0.545. The molecule has 1 saturated heterocycles. The number of thiophene rings is 1. The molecule has 0 bridgehead atoms. The molecule has 1 aliphatic heterocycles. The van der Waals surface area contributed by atoms with Crippen molar-refractivity contribution in [1.82, 2.24) is 10.6 Å². The third-order valence-electron chi connectivity index (χ3n) is 2.71. The summed E-state index contributed by atoms with van der Waals surface area (Å²) in [4.78, 5) is 13.0. The van der Waals surface area contributed by atoms with E-state index in [1.54, 1.807) is 11.3 Å². The Kier molecular flexibility index (Phi) is 3.38. The summed E-state index contributed by atoms with van der Waals surface area (Å²) in [6.07, 6.45) is 2.06. The molecule has 0 unspecified atom stereocenters. The number of carbonyl (C=O) groups excluding carboxylic acids is 1. The highest BCUT2D eigenvalue weighted by Crippen LogP contribution is 2.18. The van der Waals surface area contributed by atoms with Gasteiger partial charge < -0.3 is 10.6 Å². The van der Waals surface area contributed by atoms with E-state index < -0.39 is 0 Å². The summed E-state index contributed by atoms with van der Waals surface area (Å²) in [5.41, 5.74) is 0. The summed E-state index contributed by atoms with van der Waals surface area (Å²) in [7, 11) is 0. The van der Waals surface area contributed by atoms with Gasteiger partial charge >= 0.3 is 0 Å². The second kappa shape index (κ2) is 4.77. The predicted molar refractivity (Wildman–Crippen MR) is 61.9 cm³/mol. The second-order valence-electron chi connectivity index (χ2n) is 3.89. The van der Waals surface area contributed by atoms with Crippen LogP contribution in [0.4, 0.5) is 0 Å². The fourth-order valence-corrected chi connectivity index (χ4v) is 2.57. The number of hydrogen-bond acceptors (Lipinski definition) is 3. The molecule has 82 valence electrons. The summed E-state index contributed by atoms with van der Waals surface area (Å²) >= 11 is 1.68. The van der Waals surface area contributed by atoms with Crippen molar-refractivity contribution in [3.63, 3.8) is 0 Å². The molecule has 0 saturated carbocycles. The molecule has 0 aromatic carbocycles. The lowest BCUT2D eigenvalue weighted by Gasteiger charge is -2.15. The number of amides is 1. The first-order valence-electron chi connectivity index (χ1n) is 5.34. The predicted octanol–water partition coefficient (Wildman–Crippen LogP) is 1.68. The molecule has 3 nitrogen and oxygen atoms in total. The summed E-state index contributed by atoms with van der Waals surface area (Å²) in [5.74, 6) is 0.133. The van der Waals surface area contributed by atoms with E-state index in [1.165, 1.54) is 4.88 Å². The van der Waals surface area contributed by atoms with Crippen molar-refractivity contribution in [2.45, 2.75) is 31.8 Å². The molecular formula is C11H16N2OS. The van der Waals surface area contributed by atoms with Crippen LogP contribution in [0, 0.1) is 0 Å². The lowest BCUT2D eigenvalue weighted by molar-refractivity contribution is -0.123. The zero-order valence-corrected chi connectivity index (χ0v) is 9.64. The van der Waals surface area contributed by atoms with Gasteiger partial charge in [0.1, 0.15) is 0 Å². The first kappa shape index (κ1) is 10.6. The Morgan fingerprint density at radius 2 is 2.60 bits per heavy atom. The minimum atomic E-state index is 0.0208. The quantitative estimate of drug-likeness (QED) is 0.820. The Hall–Kier alpha value is -0.870. The van der Waals surface area contributed by atoms with E-state index in [0.717, 1.165) is 19.4 Å². The van der Waals surface area contributed by atoms with E-state index >= 15 is 0 Å². The number of hydrogen-bond donors (Lipinski definition) is 2. The van der Waals surface area contributed by atoms with Gasteiger partial charge in [-0.05, 0) is 37.8 Å². The highest BCUT2D eigenvalue weighted by atomic mass is 32.1. The first-order chi connectivity index (χ1) is 7.27. The highest BCUT2D eigenvalue weighted by molar-refractivity contribution is 7.10. The molecule has 1 amide bonds. The van der Waals surface area contributed by atoms with Crippen molar-refractivity contribution < 1.29 is 4.79 Å². The number of nitrogens with one attached hydrogen (secondary N) is 2. The molecule has 1 aliphatic rings. The number of rotatable bonds is 3. The summed E-state index contributed by atoms with van der Waals surface area (Å²) in [6.45, 7) is 2.99. The normalized spacial score (nSPS) is 22.6. The van der Waals surface area contributed by atoms with E-state index in [-0.39, 0.29) is 18.0 Å². The van der Waals surface area contributed by atoms with Gasteiger partial charge in [0.05, 0.1) is 12.1 Å². The van der Waals surface area contributed by atoms with E-state index in [4.69, 9.17) is 0 Å². The minimum absolute atomic E-state index is 0.0208. The van der Waals surface area contributed by atoms with Crippen molar-refractivity contribution in [2.75, 3.05) is 6.54 Å². The van der Waals surface area contributed by atoms with Gasteiger partial charge in [0.15, 0.2) is 0 Å². The van der Waals surface area contributed by atoms with Crippen LogP contribution in [0.2, 0.25) is 0 Å². The van der Waals surface area contributed by atoms with Gasteiger partial charge in [-0.2, -0.15) is 0 Å². The van der Waals surface area contributed by atoms with Gasteiger partial charge in [0.25, 0.3) is 0 Å². The van der Waals surface area contributed by atoms with E-state index in [0.29, 0.717) is 0 Å². The van der Waals surface area contributed by atoms with Crippen LogP contribution < -0.4 is 10.6 Å². The van der Waals surface area contributed by atoms with Crippen LogP contribution in [0.3, 0.4) is 0 Å². The minimum Gasteiger partial charge on any atom is -0.347 e. The van der Waals surface area contributed by atoms with Gasteiger partial charge in [-0.25, -0.2) is 0 Å². The molecule has 2 heterocycles. The monoisotopic (exact) mass is 224 g/mol. The largest absolute Gasteiger partial charge is 0.347 e. The zero-order chi connectivity index (χ0) is 10.7. The SMILES string of the molecule is C[C@H](NC(=O)[C@H]1CCCN1)c1cccs1. The molecule has 15 heavy (non-hydrogen) atoms. The maximum atomic E-state index is 11.8. The van der Waals surface area contributed by atoms with Gasteiger partial charge in [-0.3, -0.25) is 4.79 Å². The van der Waals surface area contributed by atoms with Crippen molar-refractivity contribution in [2.24, 2.45) is 0 Å². The summed E-state index contributed by atoms with van der Waals surface area (Å²) in [5, 5.41) is 8.27. The topological polar surface area (TPSA) is 41.1 Å². The summed E-state index contributed by atoms with van der Waals surface area (Å²) < 4.78 is 0. The molecule has 2 atom stereocenters. The maximum Gasteiger partial charge on any atom is 0.237 e. The molecule has 1 fully saturated rings. The average Bonchev–Trinajstić information content (AvgIpc) is 2.91. The van der Waals surface area contributed by atoms with Crippen LogP contribution >= 0.6 is 11.3 Å². The second-order valence-corrected chi connectivity index (χ2v) is 4.87. The van der Waals surface area contributed by atoms with Crippen molar-refractivity contribution in [3.8, 4) is 0 Å². The lowest BCUT2D eigenvalue weighted by Crippen LogP contribution is -2.41. The molecule has 2 N–H and O–H groups in total. The van der Waals surface area contributed by atoms with E-state index in [2.05, 4.69) is 16.7 Å². The zero-order valence-electron chi connectivity index (χ0n) is 8.82. The summed E-state index contributed by atoms with van der Waals surface area (Å²) in [6, 6.07) is 4.21. The maximum absolute atomic E-state index is 11.8. The molecule has 0 spiro atoms. The Balaban J connectivity index is 1.88. The average molecular weight is 224 g/mol. The van der Waals surface area contributed by atoms with Crippen LogP contribution in [-0.2, 0) is 4.79 Å².